The van der Waals surface area contributed by atoms with E-state index in [0.29, 0.717) is 26.2 Å². The maximum absolute atomic E-state index is 7.13. The van der Waals surface area contributed by atoms with Crippen LogP contribution in [0.1, 0.15) is 60.1 Å². The van der Waals surface area contributed by atoms with Crippen LogP contribution in [0.3, 0.4) is 0 Å². The summed E-state index contributed by atoms with van der Waals surface area (Å²) < 4.78 is 26.4. The summed E-state index contributed by atoms with van der Waals surface area (Å²) in [4.78, 5) is 0. The third-order valence-corrected chi connectivity index (χ3v) is 9.39. The number of ether oxygens (including phenoxy) is 4. The number of benzene rings is 4. The van der Waals surface area contributed by atoms with Gasteiger partial charge < -0.3 is 18.9 Å². The molecule has 1 aliphatic heterocycles. The summed E-state index contributed by atoms with van der Waals surface area (Å²) in [5.74, 6) is 1.09. The topological polar surface area (TPSA) is 36.9 Å². The molecule has 2 fully saturated rings. The summed E-state index contributed by atoms with van der Waals surface area (Å²) in [6.07, 6.45) is 4.71. The van der Waals surface area contributed by atoms with E-state index in [1.807, 2.05) is 55.5 Å². The molecule has 4 nitrogen and oxygen atoms in total. The standard InChI is InChI=1S/C39H41ClO4/c1-3-22-39-23-21-34(39)37(42-26-29-11-7-5-8-12-29)38(43-27-30-13-9-6-10-14-30)36(44-39)31-17-20-35(40)32(25-31)24-28-15-18-33(19-16-28)41-4-2/h3,5-20,25,34,36-38H,1,4,21-24,26-27H2,2H3. The van der Waals surface area contributed by atoms with E-state index in [2.05, 4.69) is 67.2 Å². The van der Waals surface area contributed by atoms with Gasteiger partial charge in [-0.25, -0.2) is 0 Å². The molecule has 0 amide bonds. The fourth-order valence-corrected chi connectivity index (χ4v) is 6.88. The van der Waals surface area contributed by atoms with Crippen molar-refractivity contribution in [2.24, 2.45) is 5.92 Å². The normalized spacial score (nSPS) is 24.2. The second kappa shape index (κ2) is 14.1. The molecule has 0 aromatic heterocycles. The van der Waals surface area contributed by atoms with Crippen molar-refractivity contribution in [1.29, 1.82) is 0 Å². The van der Waals surface area contributed by atoms with E-state index in [-0.39, 0.29) is 29.8 Å². The highest BCUT2D eigenvalue weighted by Crippen LogP contribution is 2.56. The average molecular weight is 609 g/mol. The number of rotatable bonds is 13. The van der Waals surface area contributed by atoms with Crippen LogP contribution in [0.25, 0.3) is 0 Å². The van der Waals surface area contributed by atoms with E-state index >= 15 is 0 Å². The molecule has 1 aliphatic carbocycles. The van der Waals surface area contributed by atoms with Crippen molar-refractivity contribution < 1.29 is 18.9 Å². The molecule has 1 heterocycles. The van der Waals surface area contributed by atoms with Crippen LogP contribution in [0.15, 0.2) is 116 Å². The molecule has 0 radical (unpaired) electrons. The Labute approximate surface area is 266 Å². The third-order valence-electron chi connectivity index (χ3n) is 9.02. The van der Waals surface area contributed by atoms with Gasteiger partial charge in [0.05, 0.1) is 31.5 Å². The lowest BCUT2D eigenvalue weighted by molar-refractivity contribution is -0.307. The predicted octanol–water partition coefficient (Wildman–Crippen LogP) is 9.30. The van der Waals surface area contributed by atoms with Gasteiger partial charge in [0.2, 0.25) is 0 Å². The maximum Gasteiger partial charge on any atom is 0.119 e. The Balaban J connectivity index is 1.33. The summed E-state index contributed by atoms with van der Waals surface area (Å²) >= 11 is 6.80. The molecule has 4 aromatic rings. The van der Waals surface area contributed by atoms with Gasteiger partial charge in [-0.15, -0.1) is 6.58 Å². The molecule has 1 saturated heterocycles. The molecule has 44 heavy (non-hydrogen) atoms. The predicted molar refractivity (Wildman–Crippen MR) is 176 cm³/mol. The number of hydrogen-bond donors (Lipinski definition) is 0. The van der Waals surface area contributed by atoms with Gasteiger partial charge in [0.25, 0.3) is 0 Å². The smallest absolute Gasteiger partial charge is 0.119 e. The molecular formula is C39H41ClO4. The second-order valence-corrected chi connectivity index (χ2v) is 12.3. The highest BCUT2D eigenvalue weighted by atomic mass is 35.5. The first-order valence-corrected chi connectivity index (χ1v) is 16.1. The first kappa shape index (κ1) is 30.6. The molecule has 6 rings (SSSR count). The highest BCUT2D eigenvalue weighted by Gasteiger charge is 2.60. The van der Waals surface area contributed by atoms with Gasteiger partial charge >= 0.3 is 0 Å². The minimum atomic E-state index is -0.327. The Kier molecular flexibility index (Phi) is 9.83. The Morgan fingerprint density at radius 2 is 1.50 bits per heavy atom. The van der Waals surface area contributed by atoms with Gasteiger partial charge in [-0.2, -0.15) is 0 Å². The van der Waals surface area contributed by atoms with Gasteiger partial charge in [0.1, 0.15) is 18.0 Å². The number of fused-ring (bicyclic) bond motifs is 1. The zero-order valence-electron chi connectivity index (χ0n) is 25.4. The lowest BCUT2D eigenvalue weighted by Crippen LogP contribution is -2.64. The van der Waals surface area contributed by atoms with Gasteiger partial charge in [0.15, 0.2) is 0 Å². The SMILES string of the molecule is C=CCC12CCC1C(OCc1ccccc1)C(OCc1ccccc1)C(c1ccc(Cl)c(Cc3ccc(OCC)cc3)c1)O2. The van der Waals surface area contributed by atoms with Crippen LogP contribution in [0, 0.1) is 5.92 Å². The van der Waals surface area contributed by atoms with Gasteiger partial charge in [-0.1, -0.05) is 103 Å². The first-order chi connectivity index (χ1) is 21.6. The molecule has 5 atom stereocenters. The van der Waals surface area contributed by atoms with Crippen LogP contribution in [-0.2, 0) is 33.8 Å². The van der Waals surface area contributed by atoms with Crippen LogP contribution < -0.4 is 4.74 Å². The molecule has 5 heteroatoms. The quantitative estimate of drug-likeness (QED) is 0.142. The molecule has 4 aromatic carbocycles. The van der Waals surface area contributed by atoms with E-state index in [1.54, 1.807) is 0 Å². The molecule has 0 N–H and O–H groups in total. The first-order valence-electron chi connectivity index (χ1n) is 15.7. The molecule has 1 saturated carbocycles. The van der Waals surface area contributed by atoms with Crippen LogP contribution in [0.2, 0.25) is 5.02 Å². The lowest BCUT2D eigenvalue weighted by atomic mass is 9.61. The van der Waals surface area contributed by atoms with Crippen molar-refractivity contribution >= 4 is 11.6 Å². The van der Waals surface area contributed by atoms with E-state index in [9.17, 15) is 0 Å². The summed E-state index contributed by atoms with van der Waals surface area (Å²) in [5, 5.41) is 0.736. The molecule has 2 aliphatic rings. The molecule has 5 unspecified atom stereocenters. The molecule has 228 valence electrons. The lowest BCUT2D eigenvalue weighted by Gasteiger charge is -2.59. The Morgan fingerprint density at radius 1 is 0.841 bits per heavy atom. The fourth-order valence-electron chi connectivity index (χ4n) is 6.69. The van der Waals surface area contributed by atoms with Gasteiger partial charge in [0, 0.05) is 10.9 Å². The average Bonchev–Trinajstić information content (AvgIpc) is 3.04. The minimum absolute atomic E-state index is 0.142. The van der Waals surface area contributed by atoms with E-state index < -0.39 is 0 Å². The Bertz CT molecular complexity index is 1510. The Hall–Kier alpha value is -3.41. The van der Waals surface area contributed by atoms with Crippen LogP contribution in [0.4, 0.5) is 0 Å². The van der Waals surface area contributed by atoms with Gasteiger partial charge in [-0.3, -0.25) is 0 Å². The largest absolute Gasteiger partial charge is 0.494 e. The minimum Gasteiger partial charge on any atom is -0.494 e. The van der Waals surface area contributed by atoms with Crippen molar-refractivity contribution in [3.05, 3.63) is 149 Å². The van der Waals surface area contributed by atoms with Crippen molar-refractivity contribution in [2.45, 2.75) is 69.7 Å². The number of hydrogen-bond acceptors (Lipinski definition) is 4. The monoisotopic (exact) mass is 608 g/mol. The van der Waals surface area contributed by atoms with E-state index in [0.717, 1.165) is 52.3 Å². The summed E-state index contributed by atoms with van der Waals surface area (Å²) in [6.45, 7) is 7.73. The van der Waals surface area contributed by atoms with Crippen molar-refractivity contribution in [2.75, 3.05) is 6.61 Å². The fraction of sp³-hybridized carbons (Fsp3) is 0.333. The summed E-state index contributed by atoms with van der Waals surface area (Å²) in [5.41, 5.74) is 5.21. The second-order valence-electron chi connectivity index (χ2n) is 11.9. The molecular weight excluding hydrogens is 568 g/mol. The third kappa shape index (κ3) is 6.79. The molecule has 0 bridgehead atoms. The zero-order valence-corrected chi connectivity index (χ0v) is 26.1. The maximum atomic E-state index is 7.13. The van der Waals surface area contributed by atoms with Crippen LogP contribution in [-0.4, -0.2) is 24.4 Å². The zero-order chi connectivity index (χ0) is 30.4. The van der Waals surface area contributed by atoms with Crippen molar-refractivity contribution in [1.82, 2.24) is 0 Å². The number of halogens is 1. The van der Waals surface area contributed by atoms with Crippen molar-refractivity contribution in [3.63, 3.8) is 0 Å². The molecule has 0 spiro atoms. The highest BCUT2D eigenvalue weighted by molar-refractivity contribution is 6.31. The van der Waals surface area contributed by atoms with Crippen molar-refractivity contribution in [3.8, 4) is 5.75 Å². The summed E-state index contributed by atoms with van der Waals surface area (Å²) in [6, 6.07) is 35.2. The Morgan fingerprint density at radius 3 is 2.09 bits per heavy atom. The van der Waals surface area contributed by atoms with Crippen LogP contribution >= 0.6 is 11.6 Å². The van der Waals surface area contributed by atoms with Gasteiger partial charge in [-0.05, 0) is 78.6 Å². The van der Waals surface area contributed by atoms with E-state index in [4.69, 9.17) is 30.5 Å². The van der Waals surface area contributed by atoms with E-state index in [1.165, 1.54) is 5.56 Å². The summed E-state index contributed by atoms with van der Waals surface area (Å²) in [7, 11) is 0. The van der Waals surface area contributed by atoms with Crippen LogP contribution in [0.5, 0.6) is 5.75 Å².